The first-order valence-electron chi connectivity index (χ1n) is 6.56. The molecule has 1 N–H and O–H groups in total. The van der Waals surface area contributed by atoms with Crippen LogP contribution in [0, 0.1) is 0 Å². The number of aryl methyl sites for hydroxylation is 1. The Morgan fingerprint density at radius 3 is 2.63 bits per heavy atom. The molecule has 1 unspecified atom stereocenters. The van der Waals surface area contributed by atoms with E-state index in [-0.39, 0.29) is 0 Å². The van der Waals surface area contributed by atoms with Gasteiger partial charge in [0.15, 0.2) is 0 Å². The topological polar surface area (TPSA) is 52.0 Å². The molecule has 0 aliphatic heterocycles. The molecule has 0 radical (unpaired) electrons. The van der Waals surface area contributed by atoms with Crippen LogP contribution in [0.5, 0.6) is 11.8 Å². The third-order valence-electron chi connectivity index (χ3n) is 2.87. The number of rotatable bonds is 6. The van der Waals surface area contributed by atoms with Crippen molar-refractivity contribution in [1.29, 1.82) is 0 Å². The second-order valence-electron chi connectivity index (χ2n) is 4.55. The average molecular weight is 260 g/mol. The summed E-state index contributed by atoms with van der Waals surface area (Å²) in [6.45, 7) is 5.35. The molecule has 0 spiro atoms. The number of hydrogen-bond donors (Lipinski definition) is 1. The van der Waals surface area contributed by atoms with E-state index in [0.717, 1.165) is 18.7 Å². The normalized spacial score (nSPS) is 12.4. The Morgan fingerprint density at radius 2 is 2.05 bits per heavy atom. The molecule has 5 heteroatoms. The molecular formula is C14H20N4O. The van der Waals surface area contributed by atoms with E-state index in [0.29, 0.717) is 12.1 Å². The van der Waals surface area contributed by atoms with Crippen LogP contribution in [0.4, 0.5) is 0 Å². The number of ether oxygens (including phenoxy) is 1. The molecule has 0 saturated heterocycles. The van der Waals surface area contributed by atoms with Gasteiger partial charge in [-0.15, -0.1) is 5.10 Å². The summed E-state index contributed by atoms with van der Waals surface area (Å²) in [6, 6.07) is 8.72. The van der Waals surface area contributed by atoms with Crippen molar-refractivity contribution in [2.45, 2.75) is 26.3 Å². The van der Waals surface area contributed by atoms with Crippen LogP contribution in [0.3, 0.4) is 0 Å². The highest BCUT2D eigenvalue weighted by atomic mass is 16.5. The van der Waals surface area contributed by atoms with Gasteiger partial charge in [-0.3, -0.25) is 4.68 Å². The SMILES string of the molecule is CCCNC(C)c1ccc(Oc2ncn(C)n2)cc1. The van der Waals surface area contributed by atoms with Gasteiger partial charge in [0.05, 0.1) is 0 Å². The van der Waals surface area contributed by atoms with E-state index in [9.17, 15) is 0 Å². The summed E-state index contributed by atoms with van der Waals surface area (Å²) in [5.74, 6) is 0.748. The zero-order chi connectivity index (χ0) is 13.7. The highest BCUT2D eigenvalue weighted by Crippen LogP contribution is 2.20. The van der Waals surface area contributed by atoms with Crippen LogP contribution >= 0.6 is 0 Å². The fourth-order valence-electron chi connectivity index (χ4n) is 1.77. The van der Waals surface area contributed by atoms with Crippen molar-refractivity contribution < 1.29 is 4.74 Å². The van der Waals surface area contributed by atoms with Crippen molar-refractivity contribution >= 4 is 0 Å². The van der Waals surface area contributed by atoms with Crippen LogP contribution < -0.4 is 10.1 Å². The van der Waals surface area contributed by atoms with Gasteiger partial charge in [0.2, 0.25) is 0 Å². The molecule has 2 rings (SSSR count). The Kier molecular flexibility index (Phi) is 4.52. The van der Waals surface area contributed by atoms with Gasteiger partial charge in [0, 0.05) is 13.1 Å². The summed E-state index contributed by atoms with van der Waals surface area (Å²) in [5, 5.41) is 7.53. The molecule has 102 valence electrons. The lowest BCUT2D eigenvalue weighted by atomic mass is 10.1. The molecule has 0 bridgehead atoms. The molecule has 0 fully saturated rings. The van der Waals surface area contributed by atoms with Crippen molar-refractivity contribution in [3.8, 4) is 11.8 Å². The van der Waals surface area contributed by atoms with E-state index in [4.69, 9.17) is 4.74 Å². The van der Waals surface area contributed by atoms with Crippen molar-refractivity contribution in [3.63, 3.8) is 0 Å². The molecule has 5 nitrogen and oxygen atoms in total. The lowest BCUT2D eigenvalue weighted by Gasteiger charge is -2.13. The monoisotopic (exact) mass is 260 g/mol. The van der Waals surface area contributed by atoms with Crippen LogP contribution in [0.15, 0.2) is 30.6 Å². The van der Waals surface area contributed by atoms with Crippen molar-refractivity contribution in [1.82, 2.24) is 20.1 Å². The zero-order valence-corrected chi connectivity index (χ0v) is 11.6. The second-order valence-corrected chi connectivity index (χ2v) is 4.55. The van der Waals surface area contributed by atoms with E-state index in [1.54, 1.807) is 11.0 Å². The van der Waals surface area contributed by atoms with E-state index in [1.165, 1.54) is 5.56 Å². The number of aromatic nitrogens is 3. The average Bonchev–Trinajstić information content (AvgIpc) is 2.82. The summed E-state index contributed by atoms with van der Waals surface area (Å²) in [4.78, 5) is 4.03. The Morgan fingerprint density at radius 1 is 1.32 bits per heavy atom. The second kappa shape index (κ2) is 6.33. The summed E-state index contributed by atoms with van der Waals surface area (Å²) >= 11 is 0. The molecule has 1 heterocycles. The fraction of sp³-hybridized carbons (Fsp3) is 0.429. The Balaban J connectivity index is 1.98. The first-order valence-corrected chi connectivity index (χ1v) is 6.56. The molecule has 1 atom stereocenters. The minimum atomic E-state index is 0.349. The minimum absolute atomic E-state index is 0.349. The lowest BCUT2D eigenvalue weighted by Crippen LogP contribution is -2.19. The smallest absolute Gasteiger partial charge is 0.340 e. The number of hydrogen-bond acceptors (Lipinski definition) is 4. The van der Waals surface area contributed by atoms with Gasteiger partial charge in [0.1, 0.15) is 12.1 Å². The molecule has 19 heavy (non-hydrogen) atoms. The molecule has 2 aromatic rings. The lowest BCUT2D eigenvalue weighted by molar-refractivity contribution is 0.438. The number of nitrogens with zero attached hydrogens (tertiary/aromatic N) is 3. The third kappa shape index (κ3) is 3.79. The summed E-state index contributed by atoms with van der Waals surface area (Å²) < 4.78 is 7.16. The molecule has 0 saturated carbocycles. The highest BCUT2D eigenvalue weighted by molar-refractivity contribution is 5.30. The van der Waals surface area contributed by atoms with Gasteiger partial charge >= 0.3 is 6.01 Å². The maximum atomic E-state index is 5.55. The van der Waals surface area contributed by atoms with E-state index in [2.05, 4.69) is 41.4 Å². The van der Waals surface area contributed by atoms with Crippen molar-refractivity contribution in [2.75, 3.05) is 6.54 Å². The fourth-order valence-corrected chi connectivity index (χ4v) is 1.77. The minimum Gasteiger partial charge on any atom is -0.423 e. The Bertz CT molecular complexity index is 506. The van der Waals surface area contributed by atoms with Crippen LogP contribution in [0.25, 0.3) is 0 Å². The zero-order valence-electron chi connectivity index (χ0n) is 11.6. The predicted molar refractivity (Wildman–Crippen MR) is 74.2 cm³/mol. The van der Waals surface area contributed by atoms with Gasteiger partial charge in [-0.2, -0.15) is 4.98 Å². The number of nitrogens with one attached hydrogen (secondary N) is 1. The van der Waals surface area contributed by atoms with Crippen molar-refractivity contribution in [2.24, 2.45) is 7.05 Å². The van der Waals surface area contributed by atoms with Gasteiger partial charge in [-0.1, -0.05) is 19.1 Å². The molecule has 1 aromatic carbocycles. The van der Waals surface area contributed by atoms with Crippen LogP contribution in [0.2, 0.25) is 0 Å². The first kappa shape index (κ1) is 13.5. The first-order chi connectivity index (χ1) is 9.19. The maximum Gasteiger partial charge on any atom is 0.340 e. The predicted octanol–water partition coefficient (Wildman–Crippen LogP) is 2.67. The molecule has 1 aromatic heterocycles. The van der Waals surface area contributed by atoms with Gasteiger partial charge in [-0.05, 0) is 37.6 Å². The molecule has 0 amide bonds. The highest BCUT2D eigenvalue weighted by Gasteiger charge is 2.05. The third-order valence-corrected chi connectivity index (χ3v) is 2.87. The largest absolute Gasteiger partial charge is 0.423 e. The molecule has 0 aliphatic rings. The van der Waals surface area contributed by atoms with E-state index < -0.39 is 0 Å². The van der Waals surface area contributed by atoms with Crippen LogP contribution in [0.1, 0.15) is 31.9 Å². The number of benzene rings is 1. The molecule has 0 aliphatic carbocycles. The van der Waals surface area contributed by atoms with Gasteiger partial charge < -0.3 is 10.1 Å². The van der Waals surface area contributed by atoms with Crippen molar-refractivity contribution in [3.05, 3.63) is 36.2 Å². The molecular weight excluding hydrogens is 240 g/mol. The quantitative estimate of drug-likeness (QED) is 0.867. The maximum absolute atomic E-state index is 5.55. The van der Waals surface area contributed by atoms with Gasteiger partial charge in [-0.25, -0.2) is 0 Å². The summed E-state index contributed by atoms with van der Waals surface area (Å²) in [7, 11) is 1.81. The van der Waals surface area contributed by atoms with Crippen LogP contribution in [-0.4, -0.2) is 21.3 Å². The Hall–Kier alpha value is -1.88. The standard InChI is InChI=1S/C14H20N4O/c1-4-9-15-11(2)12-5-7-13(8-6-12)19-14-16-10-18(3)17-14/h5-8,10-11,15H,4,9H2,1-3H3. The van der Waals surface area contributed by atoms with Gasteiger partial charge in [0.25, 0.3) is 0 Å². The van der Waals surface area contributed by atoms with Crippen LogP contribution in [-0.2, 0) is 7.05 Å². The Labute approximate surface area is 113 Å². The summed E-state index contributed by atoms with van der Waals surface area (Å²) in [6.07, 6.45) is 2.75. The summed E-state index contributed by atoms with van der Waals surface area (Å²) in [5.41, 5.74) is 1.25. The van der Waals surface area contributed by atoms with E-state index >= 15 is 0 Å². The van der Waals surface area contributed by atoms with E-state index in [1.807, 2.05) is 19.2 Å².